The second-order valence-corrected chi connectivity index (χ2v) is 4.36. The first-order valence-corrected chi connectivity index (χ1v) is 4.65. The predicted molar refractivity (Wildman–Crippen MR) is 54.7 cm³/mol. The molecule has 0 spiro atoms. The van der Waals surface area contributed by atoms with Crippen LogP contribution in [0.4, 0.5) is 4.39 Å². The van der Waals surface area contributed by atoms with Crippen molar-refractivity contribution < 1.29 is 9.60 Å². The lowest BCUT2D eigenvalue weighted by Crippen LogP contribution is -2.28. The van der Waals surface area contributed by atoms with Crippen LogP contribution in [0.25, 0.3) is 0 Å². The highest BCUT2D eigenvalue weighted by atomic mass is 127. The Kier molecular flexibility index (Phi) is 3.11. The van der Waals surface area contributed by atoms with Crippen molar-refractivity contribution in [2.24, 2.45) is 11.1 Å². The van der Waals surface area contributed by atoms with Crippen molar-refractivity contribution in [3.8, 4) is 0 Å². The van der Waals surface area contributed by atoms with E-state index in [-0.39, 0.29) is 5.17 Å². The van der Waals surface area contributed by atoms with Gasteiger partial charge in [-0.25, -0.2) is 4.39 Å². The van der Waals surface area contributed by atoms with Gasteiger partial charge in [-0.2, -0.15) is 0 Å². The molecule has 12 heavy (non-hydrogen) atoms. The molecule has 0 saturated carbocycles. The van der Waals surface area contributed by atoms with Gasteiger partial charge in [-0.3, -0.25) is 0 Å². The molecule has 66 valence electrons. The second-order valence-electron chi connectivity index (χ2n) is 2.32. The Hall–Kier alpha value is -0.100. The van der Waals surface area contributed by atoms with Crippen LogP contribution >= 0.6 is 34.2 Å². The summed E-state index contributed by atoms with van der Waals surface area (Å²) in [5.74, 6) is -0.699. The highest BCUT2D eigenvalue weighted by molar-refractivity contribution is 14.1. The Morgan fingerprint density at radius 3 is 2.83 bits per heavy atom. The quantitative estimate of drug-likeness (QED) is 0.261. The SMILES string of the molecule is ON=C(Cl)C1C=CC=CC1(F)I. The lowest BCUT2D eigenvalue weighted by molar-refractivity contribution is 0.305. The van der Waals surface area contributed by atoms with E-state index in [0.717, 1.165) is 0 Å². The van der Waals surface area contributed by atoms with E-state index in [1.54, 1.807) is 40.8 Å². The van der Waals surface area contributed by atoms with Crippen LogP contribution < -0.4 is 0 Å². The fraction of sp³-hybridized carbons (Fsp3) is 0.286. The molecule has 1 rings (SSSR count). The van der Waals surface area contributed by atoms with Crippen molar-refractivity contribution >= 4 is 39.4 Å². The molecule has 0 saturated heterocycles. The Morgan fingerprint density at radius 1 is 1.67 bits per heavy atom. The summed E-state index contributed by atoms with van der Waals surface area (Å²) in [6.45, 7) is 0. The van der Waals surface area contributed by atoms with Crippen molar-refractivity contribution in [3.63, 3.8) is 0 Å². The van der Waals surface area contributed by atoms with Gasteiger partial charge in [0.05, 0.1) is 5.92 Å². The third kappa shape index (κ3) is 1.98. The summed E-state index contributed by atoms with van der Waals surface area (Å²) in [5.41, 5.74) is 0. The van der Waals surface area contributed by atoms with E-state index in [2.05, 4.69) is 5.16 Å². The monoisotopic (exact) mass is 301 g/mol. The minimum Gasteiger partial charge on any atom is -0.410 e. The van der Waals surface area contributed by atoms with Crippen molar-refractivity contribution in [2.45, 2.75) is 3.68 Å². The summed E-state index contributed by atoms with van der Waals surface area (Å²) in [4.78, 5) is 0. The van der Waals surface area contributed by atoms with Crippen LogP contribution in [0.1, 0.15) is 0 Å². The smallest absolute Gasteiger partial charge is 0.192 e. The van der Waals surface area contributed by atoms with Crippen molar-refractivity contribution in [3.05, 3.63) is 24.3 Å². The molecule has 2 nitrogen and oxygen atoms in total. The molecular formula is C7H6ClFINO. The molecular weight excluding hydrogens is 295 g/mol. The van der Waals surface area contributed by atoms with Gasteiger partial charge in [0, 0.05) is 0 Å². The maximum Gasteiger partial charge on any atom is 0.192 e. The molecule has 0 aromatic carbocycles. The molecule has 0 fully saturated rings. The lowest BCUT2D eigenvalue weighted by Gasteiger charge is -2.23. The van der Waals surface area contributed by atoms with Gasteiger partial charge in [0.15, 0.2) is 8.85 Å². The maximum absolute atomic E-state index is 13.5. The van der Waals surface area contributed by atoms with Crippen molar-refractivity contribution in [2.75, 3.05) is 0 Å². The predicted octanol–water partition coefficient (Wildman–Crippen LogP) is 2.86. The van der Waals surface area contributed by atoms with E-state index < -0.39 is 9.59 Å². The molecule has 0 aromatic heterocycles. The van der Waals surface area contributed by atoms with Crippen LogP contribution in [0.5, 0.6) is 0 Å². The number of rotatable bonds is 1. The number of oxime groups is 1. The Morgan fingerprint density at radius 2 is 2.33 bits per heavy atom. The zero-order valence-electron chi connectivity index (χ0n) is 5.92. The van der Waals surface area contributed by atoms with Crippen LogP contribution in [0.15, 0.2) is 29.5 Å². The third-order valence-corrected chi connectivity index (χ3v) is 2.84. The van der Waals surface area contributed by atoms with Crippen LogP contribution in [0.3, 0.4) is 0 Å². The average Bonchev–Trinajstić information content (AvgIpc) is 2.02. The molecule has 0 aliphatic heterocycles. The van der Waals surface area contributed by atoms with Crippen molar-refractivity contribution in [1.29, 1.82) is 0 Å². The number of allylic oxidation sites excluding steroid dienone is 4. The molecule has 2 atom stereocenters. The number of hydrogen-bond donors (Lipinski definition) is 1. The molecule has 1 aliphatic carbocycles. The van der Waals surface area contributed by atoms with E-state index in [9.17, 15) is 4.39 Å². The first kappa shape index (κ1) is 9.98. The van der Waals surface area contributed by atoms with Crippen LogP contribution in [0, 0.1) is 5.92 Å². The van der Waals surface area contributed by atoms with Crippen molar-refractivity contribution in [1.82, 2.24) is 0 Å². The molecule has 0 bridgehead atoms. The minimum absolute atomic E-state index is 0.146. The maximum atomic E-state index is 13.5. The zero-order valence-corrected chi connectivity index (χ0v) is 8.83. The minimum atomic E-state index is -1.60. The summed E-state index contributed by atoms with van der Waals surface area (Å²) >= 11 is 7.11. The highest BCUT2D eigenvalue weighted by Crippen LogP contribution is 2.36. The van der Waals surface area contributed by atoms with Gasteiger partial charge in [0.1, 0.15) is 0 Å². The normalized spacial score (nSPS) is 35.6. The molecule has 5 heteroatoms. The molecule has 2 unspecified atom stereocenters. The first-order chi connectivity index (χ1) is 5.58. The second kappa shape index (κ2) is 3.74. The van der Waals surface area contributed by atoms with Gasteiger partial charge in [-0.15, -0.1) is 0 Å². The summed E-state index contributed by atoms with van der Waals surface area (Å²) in [6, 6.07) is 0. The van der Waals surface area contributed by atoms with Crippen LogP contribution in [-0.2, 0) is 0 Å². The Labute approximate surface area is 87.9 Å². The molecule has 1 N–H and O–H groups in total. The first-order valence-electron chi connectivity index (χ1n) is 3.19. The van der Waals surface area contributed by atoms with E-state index in [4.69, 9.17) is 16.8 Å². The number of nitrogens with zero attached hydrogens (tertiary/aromatic N) is 1. The molecule has 0 aromatic rings. The van der Waals surface area contributed by atoms with Gasteiger partial charge in [0.2, 0.25) is 0 Å². The Balaban J connectivity index is 2.91. The summed E-state index contributed by atoms with van der Waals surface area (Å²) in [7, 11) is 0. The van der Waals surface area contributed by atoms with Gasteiger partial charge in [-0.1, -0.05) is 35.0 Å². The molecule has 0 radical (unpaired) electrons. The molecule has 0 amide bonds. The topological polar surface area (TPSA) is 32.6 Å². The Bertz CT molecular complexity index is 262. The summed E-state index contributed by atoms with van der Waals surface area (Å²) in [5, 5.41) is 11.0. The fourth-order valence-electron chi connectivity index (χ4n) is 0.891. The largest absolute Gasteiger partial charge is 0.410 e. The summed E-state index contributed by atoms with van der Waals surface area (Å²) in [6.07, 6.45) is 6.17. The summed E-state index contributed by atoms with van der Waals surface area (Å²) < 4.78 is 11.9. The highest BCUT2D eigenvalue weighted by Gasteiger charge is 2.36. The van der Waals surface area contributed by atoms with Crippen LogP contribution in [0.2, 0.25) is 0 Å². The zero-order chi connectivity index (χ0) is 9.19. The van der Waals surface area contributed by atoms with Crippen LogP contribution in [-0.4, -0.2) is 14.1 Å². The lowest BCUT2D eigenvalue weighted by atomic mass is 10.0. The van der Waals surface area contributed by atoms with E-state index >= 15 is 0 Å². The molecule has 0 heterocycles. The van der Waals surface area contributed by atoms with Gasteiger partial charge in [0.25, 0.3) is 0 Å². The van der Waals surface area contributed by atoms with Gasteiger partial charge < -0.3 is 5.21 Å². The standard InChI is InChI=1S/C7H6ClFINO/c8-6(11-12)5-3-1-2-4-7(5,9)10/h1-5,12H. The fourth-order valence-corrected chi connectivity index (χ4v) is 2.02. The number of alkyl halides is 2. The van der Waals surface area contributed by atoms with E-state index in [1.165, 1.54) is 6.08 Å². The number of hydrogen-bond acceptors (Lipinski definition) is 2. The average molecular weight is 301 g/mol. The van der Waals surface area contributed by atoms with E-state index in [0.29, 0.717) is 0 Å². The number of halogens is 3. The van der Waals surface area contributed by atoms with Gasteiger partial charge in [-0.05, 0) is 28.7 Å². The van der Waals surface area contributed by atoms with E-state index in [1.807, 2.05) is 0 Å². The van der Waals surface area contributed by atoms with Gasteiger partial charge >= 0.3 is 0 Å². The third-order valence-electron chi connectivity index (χ3n) is 1.50. The molecule has 1 aliphatic rings.